The summed E-state index contributed by atoms with van der Waals surface area (Å²) in [6.07, 6.45) is 0.112. The van der Waals surface area contributed by atoms with Crippen molar-refractivity contribution in [3.05, 3.63) is 95.0 Å². The van der Waals surface area contributed by atoms with Crippen molar-refractivity contribution in [3.63, 3.8) is 0 Å². The first kappa shape index (κ1) is 24.9. The minimum Gasteiger partial charge on any atom is -0.326 e. The highest BCUT2D eigenvalue weighted by molar-refractivity contribution is 6.30. The predicted octanol–water partition coefficient (Wildman–Crippen LogP) is 4.22. The topological polar surface area (TPSA) is 119 Å². The van der Waals surface area contributed by atoms with Gasteiger partial charge in [-0.2, -0.15) is 0 Å². The van der Waals surface area contributed by atoms with Crippen LogP contribution in [0, 0.1) is 0 Å². The fourth-order valence-electron chi connectivity index (χ4n) is 3.96. The maximum Gasteiger partial charge on any atom is 0.332 e. The second-order valence-electron chi connectivity index (χ2n) is 8.17. The fourth-order valence-corrected chi connectivity index (χ4v) is 4.09. The number of imide groups is 1. The molecule has 0 saturated carbocycles. The Bertz CT molecular complexity index is 1270. The summed E-state index contributed by atoms with van der Waals surface area (Å²) in [5, 5.41) is 11.9. The highest BCUT2D eigenvalue weighted by atomic mass is 35.5. The number of hydrogen-bond donors (Lipinski definition) is 3. The Labute approximate surface area is 212 Å². The van der Waals surface area contributed by atoms with Crippen LogP contribution in [0.3, 0.4) is 0 Å². The number of carbonyl (C=O) groups excluding carboxylic acids is 4. The number of benzene rings is 3. The van der Waals surface area contributed by atoms with E-state index in [0.29, 0.717) is 16.4 Å². The van der Waals surface area contributed by atoms with Crippen molar-refractivity contribution in [1.82, 2.24) is 10.4 Å². The number of hydroxylamine groups is 1. The van der Waals surface area contributed by atoms with Crippen molar-refractivity contribution in [2.24, 2.45) is 0 Å². The molecule has 9 nitrogen and oxygen atoms in total. The lowest BCUT2D eigenvalue weighted by Gasteiger charge is -2.22. The van der Waals surface area contributed by atoms with Crippen molar-refractivity contribution in [1.29, 1.82) is 0 Å². The van der Waals surface area contributed by atoms with E-state index in [9.17, 15) is 19.2 Å². The average Bonchev–Trinajstić information content (AvgIpc) is 3.12. The summed E-state index contributed by atoms with van der Waals surface area (Å²) in [6, 6.07) is 20.4. The Morgan fingerprint density at radius 2 is 1.58 bits per heavy atom. The summed E-state index contributed by atoms with van der Waals surface area (Å²) in [7, 11) is 0. The van der Waals surface area contributed by atoms with Crippen LogP contribution in [0.4, 0.5) is 16.2 Å². The number of nitrogens with zero attached hydrogens (tertiary/aromatic N) is 2. The van der Waals surface area contributed by atoms with E-state index in [1.165, 1.54) is 34.6 Å². The van der Waals surface area contributed by atoms with Crippen LogP contribution in [0.2, 0.25) is 5.02 Å². The van der Waals surface area contributed by atoms with Crippen LogP contribution in [-0.4, -0.2) is 39.9 Å². The van der Waals surface area contributed by atoms with E-state index in [2.05, 4.69) is 5.32 Å². The minimum atomic E-state index is -0.824. The van der Waals surface area contributed by atoms with Crippen molar-refractivity contribution >= 4 is 46.7 Å². The van der Waals surface area contributed by atoms with Gasteiger partial charge in [0.15, 0.2) is 0 Å². The van der Waals surface area contributed by atoms with Gasteiger partial charge in [0.25, 0.3) is 11.8 Å². The molecule has 0 spiro atoms. The van der Waals surface area contributed by atoms with Gasteiger partial charge in [0.2, 0.25) is 5.91 Å². The van der Waals surface area contributed by atoms with E-state index >= 15 is 0 Å². The van der Waals surface area contributed by atoms with Gasteiger partial charge in [0.1, 0.15) is 6.04 Å². The highest BCUT2D eigenvalue weighted by Gasteiger charge is 2.45. The first-order valence-corrected chi connectivity index (χ1v) is 11.5. The largest absolute Gasteiger partial charge is 0.332 e. The molecule has 3 aromatic carbocycles. The predicted molar refractivity (Wildman–Crippen MR) is 134 cm³/mol. The van der Waals surface area contributed by atoms with Gasteiger partial charge in [-0.25, -0.2) is 15.2 Å². The Hall–Kier alpha value is -4.21. The molecule has 1 heterocycles. The zero-order valence-electron chi connectivity index (χ0n) is 19.1. The molecule has 1 aliphatic heterocycles. The van der Waals surface area contributed by atoms with Crippen molar-refractivity contribution < 1.29 is 24.4 Å². The molecule has 1 fully saturated rings. The molecule has 1 saturated heterocycles. The van der Waals surface area contributed by atoms with Crippen LogP contribution in [-0.2, 0) is 16.1 Å². The maximum atomic E-state index is 13.3. The third kappa shape index (κ3) is 5.54. The van der Waals surface area contributed by atoms with Crippen molar-refractivity contribution in [2.75, 3.05) is 10.2 Å². The van der Waals surface area contributed by atoms with Gasteiger partial charge in [-0.3, -0.25) is 19.6 Å². The maximum absolute atomic E-state index is 13.3. The third-order valence-electron chi connectivity index (χ3n) is 5.78. The van der Waals surface area contributed by atoms with Gasteiger partial charge >= 0.3 is 6.03 Å². The quantitative estimate of drug-likeness (QED) is 0.240. The van der Waals surface area contributed by atoms with Gasteiger partial charge in [0.05, 0.1) is 5.69 Å². The number of urea groups is 1. The summed E-state index contributed by atoms with van der Waals surface area (Å²) in [5.41, 5.74) is 3.48. The molecule has 0 bridgehead atoms. The number of rotatable bonds is 8. The second kappa shape index (κ2) is 11.0. The Morgan fingerprint density at radius 1 is 0.917 bits per heavy atom. The van der Waals surface area contributed by atoms with Gasteiger partial charge in [-0.05, 0) is 60.5 Å². The summed E-state index contributed by atoms with van der Waals surface area (Å²) in [4.78, 5) is 53.3. The van der Waals surface area contributed by atoms with Crippen LogP contribution in [0.1, 0.15) is 28.8 Å². The van der Waals surface area contributed by atoms with E-state index in [1.54, 1.807) is 24.3 Å². The molecule has 1 atom stereocenters. The van der Waals surface area contributed by atoms with Crippen LogP contribution in [0.25, 0.3) is 0 Å². The second-order valence-corrected chi connectivity index (χ2v) is 8.60. The Kier molecular flexibility index (Phi) is 7.62. The van der Waals surface area contributed by atoms with Gasteiger partial charge in [-0.1, -0.05) is 41.9 Å². The lowest BCUT2D eigenvalue weighted by molar-refractivity contribution is -0.120. The Balaban J connectivity index is 1.48. The van der Waals surface area contributed by atoms with Gasteiger partial charge < -0.3 is 10.2 Å². The fraction of sp³-hybridized carbons (Fsp3) is 0.154. The zero-order chi connectivity index (χ0) is 25.7. The summed E-state index contributed by atoms with van der Waals surface area (Å²) < 4.78 is 0. The van der Waals surface area contributed by atoms with E-state index in [4.69, 9.17) is 16.8 Å². The number of anilines is 2. The van der Waals surface area contributed by atoms with Crippen LogP contribution in [0.15, 0.2) is 78.9 Å². The standard InChI is InChI=1S/C26H23ClN4O5/c27-19-8-12-21(13-9-19)31-25(34)22(30(26(31)35)16-17-4-2-1-3-5-17)14-15-23(32)28-20-10-6-18(7-11-20)24(33)29-36/h1-13,22,36H,14-16H2,(H,28,32)(H,29,33). The van der Waals surface area contributed by atoms with Crippen LogP contribution < -0.4 is 15.7 Å². The Morgan fingerprint density at radius 3 is 2.22 bits per heavy atom. The third-order valence-corrected chi connectivity index (χ3v) is 6.03. The van der Waals surface area contributed by atoms with Crippen LogP contribution in [0.5, 0.6) is 0 Å². The molecule has 184 valence electrons. The molecule has 1 unspecified atom stereocenters. The van der Waals surface area contributed by atoms with Crippen LogP contribution >= 0.6 is 11.6 Å². The molecule has 0 radical (unpaired) electrons. The number of amides is 5. The lowest BCUT2D eigenvalue weighted by atomic mass is 10.1. The molecule has 10 heteroatoms. The molecule has 3 N–H and O–H groups in total. The van der Waals surface area contributed by atoms with Crippen molar-refractivity contribution in [2.45, 2.75) is 25.4 Å². The molecule has 5 amide bonds. The van der Waals surface area contributed by atoms with E-state index < -0.39 is 23.9 Å². The molecule has 0 aliphatic carbocycles. The summed E-state index contributed by atoms with van der Waals surface area (Å²) >= 11 is 5.96. The summed E-state index contributed by atoms with van der Waals surface area (Å²) in [5.74, 6) is -1.43. The number of nitrogens with one attached hydrogen (secondary N) is 2. The number of hydrogen-bond acceptors (Lipinski definition) is 5. The van der Waals surface area contributed by atoms with Crippen molar-refractivity contribution in [3.8, 4) is 0 Å². The van der Waals surface area contributed by atoms with E-state index in [-0.39, 0.29) is 30.9 Å². The monoisotopic (exact) mass is 506 g/mol. The average molecular weight is 507 g/mol. The first-order chi connectivity index (χ1) is 17.4. The SMILES string of the molecule is O=C(CCC1C(=O)N(c2ccc(Cl)cc2)C(=O)N1Cc1ccccc1)Nc1ccc(C(=O)NO)cc1. The molecular weight excluding hydrogens is 484 g/mol. The first-order valence-electron chi connectivity index (χ1n) is 11.2. The lowest BCUT2D eigenvalue weighted by Crippen LogP contribution is -2.35. The molecule has 36 heavy (non-hydrogen) atoms. The summed E-state index contributed by atoms with van der Waals surface area (Å²) in [6.45, 7) is 0.218. The van der Waals surface area contributed by atoms with Gasteiger partial charge in [-0.15, -0.1) is 0 Å². The highest BCUT2D eigenvalue weighted by Crippen LogP contribution is 2.30. The smallest absolute Gasteiger partial charge is 0.326 e. The van der Waals surface area contributed by atoms with E-state index in [1.807, 2.05) is 30.3 Å². The molecule has 4 rings (SSSR count). The van der Waals surface area contributed by atoms with Gasteiger partial charge in [0, 0.05) is 29.2 Å². The minimum absolute atomic E-state index is 0.0116. The molecular formula is C26H23ClN4O5. The molecule has 0 aromatic heterocycles. The molecule has 1 aliphatic rings. The number of carbonyl (C=O) groups is 4. The van der Waals surface area contributed by atoms with E-state index in [0.717, 1.165) is 10.5 Å². The molecule has 3 aromatic rings. The number of halogens is 1. The zero-order valence-corrected chi connectivity index (χ0v) is 19.8. The normalized spacial score (nSPS) is 15.2.